The molecule has 0 spiro atoms. The first-order valence-electron chi connectivity index (χ1n) is 7.93. The molecule has 4 heteroatoms. The van der Waals surface area contributed by atoms with Crippen molar-refractivity contribution in [3.63, 3.8) is 0 Å². The van der Waals surface area contributed by atoms with Gasteiger partial charge in [-0.25, -0.2) is 4.39 Å². The van der Waals surface area contributed by atoms with Crippen LogP contribution in [0.25, 0.3) is 0 Å². The molecule has 1 heterocycles. The third kappa shape index (κ3) is 3.15. The fourth-order valence-electron chi connectivity index (χ4n) is 3.87. The first-order chi connectivity index (χ1) is 10.2. The monoisotopic (exact) mass is 353 g/mol. The molecule has 2 fully saturated rings. The first-order valence-corrected chi connectivity index (χ1v) is 8.72. The maximum atomic E-state index is 14.0. The zero-order valence-electron chi connectivity index (χ0n) is 12.2. The molecule has 21 heavy (non-hydrogen) atoms. The molecule has 1 atom stereocenters. The molecule has 0 radical (unpaired) electrons. The average Bonchev–Trinajstić information content (AvgIpc) is 2.97. The summed E-state index contributed by atoms with van der Waals surface area (Å²) in [5.74, 6) is 0.0560. The van der Waals surface area contributed by atoms with Crippen molar-refractivity contribution < 1.29 is 9.18 Å². The Morgan fingerprint density at radius 2 is 1.90 bits per heavy atom. The van der Waals surface area contributed by atoms with Crippen molar-refractivity contribution in [1.82, 2.24) is 4.90 Å². The number of likely N-dealkylation sites (tertiary alicyclic amines) is 1. The van der Waals surface area contributed by atoms with Crippen LogP contribution in [0.5, 0.6) is 0 Å². The first kappa shape index (κ1) is 15.0. The smallest absolute Gasteiger partial charge is 0.257 e. The molecule has 1 aromatic rings. The molecular formula is C17H21BrFNO. The molecule has 1 aromatic carbocycles. The summed E-state index contributed by atoms with van der Waals surface area (Å²) in [7, 11) is 0. The minimum absolute atomic E-state index is 0.131. The Labute approximate surface area is 133 Å². The molecule has 1 aliphatic heterocycles. The molecular weight excluding hydrogens is 333 g/mol. The summed E-state index contributed by atoms with van der Waals surface area (Å²) in [4.78, 5) is 14.6. The number of carbonyl (C=O) groups is 1. The number of nitrogens with zero attached hydrogens (tertiary/aromatic N) is 1. The fourth-order valence-corrected chi connectivity index (χ4v) is 4.20. The van der Waals surface area contributed by atoms with E-state index in [1.807, 2.05) is 4.90 Å². The third-order valence-electron chi connectivity index (χ3n) is 4.92. The van der Waals surface area contributed by atoms with Crippen molar-refractivity contribution in [2.45, 2.75) is 51.0 Å². The molecule has 1 amide bonds. The lowest BCUT2D eigenvalue weighted by molar-refractivity contribution is 0.0657. The minimum Gasteiger partial charge on any atom is -0.335 e. The Kier molecular flexibility index (Phi) is 4.63. The van der Waals surface area contributed by atoms with E-state index in [9.17, 15) is 9.18 Å². The summed E-state index contributed by atoms with van der Waals surface area (Å²) in [5, 5.41) is 0. The van der Waals surface area contributed by atoms with Crippen molar-refractivity contribution in [3.8, 4) is 0 Å². The summed E-state index contributed by atoms with van der Waals surface area (Å²) in [6, 6.07) is 5.03. The van der Waals surface area contributed by atoms with Crippen LogP contribution >= 0.6 is 15.9 Å². The second-order valence-corrected chi connectivity index (χ2v) is 7.15. The lowest BCUT2D eigenvalue weighted by Gasteiger charge is -2.34. The van der Waals surface area contributed by atoms with Crippen LogP contribution in [0.3, 0.4) is 0 Å². The van der Waals surface area contributed by atoms with Crippen LogP contribution in [-0.2, 0) is 0 Å². The van der Waals surface area contributed by atoms with Crippen LogP contribution in [0, 0.1) is 11.7 Å². The summed E-state index contributed by atoms with van der Waals surface area (Å²) >= 11 is 3.24. The minimum atomic E-state index is -0.427. The predicted octanol–water partition coefficient (Wildman–Crippen LogP) is 4.77. The van der Waals surface area contributed by atoms with Crippen molar-refractivity contribution >= 4 is 21.8 Å². The SMILES string of the molecule is O=C(c1ccc(Br)cc1F)N1CCCC1C1CCCCC1. The molecule has 0 bridgehead atoms. The zero-order chi connectivity index (χ0) is 14.8. The van der Waals surface area contributed by atoms with E-state index in [2.05, 4.69) is 15.9 Å². The molecule has 0 N–H and O–H groups in total. The Morgan fingerprint density at radius 3 is 2.62 bits per heavy atom. The van der Waals surface area contributed by atoms with Crippen LogP contribution in [0.15, 0.2) is 22.7 Å². The summed E-state index contributed by atoms with van der Waals surface area (Å²) < 4.78 is 14.7. The van der Waals surface area contributed by atoms with Crippen LogP contribution in [0.2, 0.25) is 0 Å². The van der Waals surface area contributed by atoms with Crippen molar-refractivity contribution in [2.75, 3.05) is 6.54 Å². The van der Waals surface area contributed by atoms with Crippen LogP contribution in [0.1, 0.15) is 55.3 Å². The number of hydrogen-bond donors (Lipinski definition) is 0. The Balaban J connectivity index is 1.79. The van der Waals surface area contributed by atoms with E-state index < -0.39 is 5.82 Å². The summed E-state index contributed by atoms with van der Waals surface area (Å²) in [6.45, 7) is 0.773. The number of hydrogen-bond acceptors (Lipinski definition) is 1. The number of amides is 1. The van der Waals surface area contributed by atoms with E-state index in [4.69, 9.17) is 0 Å². The topological polar surface area (TPSA) is 20.3 Å². The summed E-state index contributed by atoms with van der Waals surface area (Å²) in [5.41, 5.74) is 0.209. The fraction of sp³-hybridized carbons (Fsp3) is 0.588. The second-order valence-electron chi connectivity index (χ2n) is 6.23. The van der Waals surface area contributed by atoms with Gasteiger partial charge in [-0.2, -0.15) is 0 Å². The van der Waals surface area contributed by atoms with Gasteiger partial charge in [-0.3, -0.25) is 4.79 Å². The van der Waals surface area contributed by atoms with Crippen LogP contribution in [0.4, 0.5) is 4.39 Å². The highest BCUT2D eigenvalue weighted by atomic mass is 79.9. The van der Waals surface area contributed by atoms with Gasteiger partial charge in [0.1, 0.15) is 5.82 Å². The van der Waals surface area contributed by atoms with E-state index in [0.717, 1.165) is 19.4 Å². The van der Waals surface area contributed by atoms with Gasteiger partial charge in [0.25, 0.3) is 5.91 Å². The maximum absolute atomic E-state index is 14.0. The molecule has 2 aliphatic rings. The standard InChI is InChI=1S/C17H21BrFNO/c18-13-8-9-14(15(19)11-13)17(21)20-10-4-7-16(20)12-5-2-1-3-6-12/h8-9,11-12,16H,1-7,10H2. The van der Waals surface area contributed by atoms with Gasteiger partial charge in [-0.15, -0.1) is 0 Å². The highest BCUT2D eigenvalue weighted by molar-refractivity contribution is 9.10. The third-order valence-corrected chi connectivity index (χ3v) is 5.41. The van der Waals surface area contributed by atoms with Gasteiger partial charge in [0.05, 0.1) is 5.56 Å². The number of carbonyl (C=O) groups excluding carboxylic acids is 1. The molecule has 1 unspecified atom stereocenters. The van der Waals surface area contributed by atoms with Crippen LogP contribution in [-0.4, -0.2) is 23.4 Å². The van der Waals surface area contributed by atoms with E-state index in [-0.39, 0.29) is 11.5 Å². The molecule has 2 nitrogen and oxygen atoms in total. The Hall–Kier alpha value is -0.900. The van der Waals surface area contributed by atoms with Gasteiger partial charge in [-0.05, 0) is 49.8 Å². The van der Waals surface area contributed by atoms with Gasteiger partial charge in [0.15, 0.2) is 0 Å². The molecule has 0 aromatic heterocycles. The Bertz CT molecular complexity index is 528. The number of halogens is 2. The average molecular weight is 354 g/mol. The van der Waals surface area contributed by atoms with Gasteiger partial charge in [-0.1, -0.05) is 35.2 Å². The second kappa shape index (κ2) is 6.47. The van der Waals surface area contributed by atoms with E-state index in [0.29, 0.717) is 16.4 Å². The van der Waals surface area contributed by atoms with Gasteiger partial charge in [0, 0.05) is 17.1 Å². The molecule has 3 rings (SSSR count). The quantitative estimate of drug-likeness (QED) is 0.749. The highest BCUT2D eigenvalue weighted by Gasteiger charge is 2.36. The van der Waals surface area contributed by atoms with Crippen LogP contribution < -0.4 is 0 Å². The van der Waals surface area contributed by atoms with E-state index in [1.165, 1.54) is 38.2 Å². The highest BCUT2D eigenvalue weighted by Crippen LogP contribution is 2.35. The van der Waals surface area contributed by atoms with Crippen molar-refractivity contribution in [1.29, 1.82) is 0 Å². The molecule has 1 saturated heterocycles. The van der Waals surface area contributed by atoms with Gasteiger partial charge in [0.2, 0.25) is 0 Å². The molecule has 1 saturated carbocycles. The van der Waals surface area contributed by atoms with Gasteiger partial charge < -0.3 is 4.90 Å². The van der Waals surface area contributed by atoms with E-state index >= 15 is 0 Å². The molecule has 1 aliphatic carbocycles. The lowest BCUT2D eigenvalue weighted by Crippen LogP contribution is -2.41. The Morgan fingerprint density at radius 1 is 1.14 bits per heavy atom. The maximum Gasteiger partial charge on any atom is 0.257 e. The lowest BCUT2D eigenvalue weighted by atomic mass is 9.83. The van der Waals surface area contributed by atoms with E-state index in [1.54, 1.807) is 12.1 Å². The van der Waals surface area contributed by atoms with Crippen molar-refractivity contribution in [2.24, 2.45) is 5.92 Å². The zero-order valence-corrected chi connectivity index (χ0v) is 13.7. The summed E-state index contributed by atoms with van der Waals surface area (Å²) in [6.07, 6.45) is 8.43. The molecule has 114 valence electrons. The van der Waals surface area contributed by atoms with Gasteiger partial charge >= 0.3 is 0 Å². The largest absolute Gasteiger partial charge is 0.335 e. The van der Waals surface area contributed by atoms with Crippen molar-refractivity contribution in [3.05, 3.63) is 34.1 Å². The number of benzene rings is 1. The number of rotatable bonds is 2. The predicted molar refractivity (Wildman–Crippen MR) is 84.7 cm³/mol. The normalized spacial score (nSPS) is 23.5.